The number of carbonyl (C=O) groups excluding carboxylic acids is 1. The van der Waals surface area contributed by atoms with Crippen molar-refractivity contribution in [1.29, 1.82) is 0 Å². The largest absolute Gasteiger partial charge is 0.368 e. The van der Waals surface area contributed by atoms with Crippen molar-refractivity contribution in [2.24, 2.45) is 11.7 Å². The van der Waals surface area contributed by atoms with Gasteiger partial charge in [-0.25, -0.2) is 13.1 Å². The zero-order valence-electron chi connectivity index (χ0n) is 13.4. The number of para-hydroxylation sites is 1. The minimum Gasteiger partial charge on any atom is -0.368 e. The predicted molar refractivity (Wildman–Crippen MR) is 88.8 cm³/mol. The van der Waals surface area contributed by atoms with Crippen molar-refractivity contribution in [3.05, 3.63) is 42.7 Å². The van der Waals surface area contributed by atoms with E-state index in [1.807, 2.05) is 37.3 Å². The molecule has 1 aliphatic heterocycles. The molecule has 0 aliphatic carbocycles. The van der Waals surface area contributed by atoms with Crippen LogP contribution in [0.3, 0.4) is 0 Å². The number of carbonyl (C=O) groups is 1. The van der Waals surface area contributed by atoms with Crippen LogP contribution in [0.15, 0.2) is 47.6 Å². The van der Waals surface area contributed by atoms with Crippen LogP contribution in [0.2, 0.25) is 0 Å². The minimum absolute atomic E-state index is 0.0622. The van der Waals surface area contributed by atoms with Crippen molar-refractivity contribution >= 4 is 15.9 Å². The number of piperidine rings is 1. The van der Waals surface area contributed by atoms with E-state index in [0.717, 1.165) is 5.69 Å². The van der Waals surface area contributed by atoms with Gasteiger partial charge in [-0.1, -0.05) is 25.1 Å². The molecule has 2 aromatic rings. The Morgan fingerprint density at radius 1 is 1.29 bits per heavy atom. The molecule has 8 heteroatoms. The summed E-state index contributed by atoms with van der Waals surface area (Å²) in [5.74, 6) is -0.346. The third kappa shape index (κ3) is 3.07. The molecule has 2 atom stereocenters. The van der Waals surface area contributed by atoms with Crippen LogP contribution in [0, 0.1) is 5.92 Å². The van der Waals surface area contributed by atoms with E-state index in [9.17, 15) is 13.2 Å². The standard InChI is InChI=1S/C16H20N4O3S/c1-12-7-8-20(15(9-12)16(17)21)24(22,23)14-10-18-19(11-14)13-5-3-2-4-6-13/h2-6,10-12,15H,7-9H2,1H3,(H2,17,21). The van der Waals surface area contributed by atoms with Gasteiger partial charge in [-0.2, -0.15) is 9.40 Å². The van der Waals surface area contributed by atoms with Gasteiger partial charge >= 0.3 is 0 Å². The van der Waals surface area contributed by atoms with E-state index in [0.29, 0.717) is 12.8 Å². The molecule has 2 N–H and O–H groups in total. The Kier molecular flexibility index (Phi) is 4.42. The molecule has 0 radical (unpaired) electrons. The lowest BCUT2D eigenvalue weighted by atomic mass is 9.94. The SMILES string of the molecule is CC1CCN(S(=O)(=O)c2cnn(-c3ccccc3)c2)C(C(N)=O)C1. The zero-order valence-corrected chi connectivity index (χ0v) is 14.2. The van der Waals surface area contributed by atoms with Crippen LogP contribution in [0.25, 0.3) is 5.69 Å². The van der Waals surface area contributed by atoms with Crippen LogP contribution in [-0.4, -0.2) is 41.0 Å². The van der Waals surface area contributed by atoms with E-state index < -0.39 is 22.0 Å². The molecule has 2 heterocycles. The Hall–Kier alpha value is -2.19. The molecule has 1 aliphatic rings. The molecule has 24 heavy (non-hydrogen) atoms. The van der Waals surface area contributed by atoms with Gasteiger partial charge < -0.3 is 5.73 Å². The molecular formula is C16H20N4O3S. The molecule has 7 nitrogen and oxygen atoms in total. The number of hydrogen-bond acceptors (Lipinski definition) is 4. The van der Waals surface area contributed by atoms with Crippen LogP contribution < -0.4 is 5.73 Å². The third-order valence-corrected chi connectivity index (χ3v) is 6.19. The fourth-order valence-electron chi connectivity index (χ4n) is 2.96. The van der Waals surface area contributed by atoms with Crippen molar-refractivity contribution in [3.63, 3.8) is 0 Å². The van der Waals surface area contributed by atoms with Crippen molar-refractivity contribution in [1.82, 2.24) is 14.1 Å². The molecule has 2 unspecified atom stereocenters. The normalized spacial score (nSPS) is 22.4. The zero-order chi connectivity index (χ0) is 17.3. The van der Waals surface area contributed by atoms with E-state index in [-0.39, 0.29) is 17.4 Å². The van der Waals surface area contributed by atoms with Crippen LogP contribution in [-0.2, 0) is 14.8 Å². The predicted octanol–water partition coefficient (Wildman–Crippen LogP) is 1.15. The fraction of sp³-hybridized carbons (Fsp3) is 0.375. The second kappa shape index (κ2) is 6.37. The smallest absolute Gasteiger partial charge is 0.246 e. The van der Waals surface area contributed by atoms with Crippen molar-refractivity contribution in [3.8, 4) is 5.69 Å². The van der Waals surface area contributed by atoms with Gasteiger partial charge in [0.1, 0.15) is 10.9 Å². The first-order valence-corrected chi connectivity index (χ1v) is 9.25. The Morgan fingerprint density at radius 2 is 2.00 bits per heavy atom. The fourth-order valence-corrected chi connectivity index (χ4v) is 4.52. The number of amides is 1. The molecule has 128 valence electrons. The first kappa shape index (κ1) is 16.7. The van der Waals surface area contributed by atoms with Crippen LogP contribution in [0.1, 0.15) is 19.8 Å². The van der Waals surface area contributed by atoms with Gasteiger partial charge in [-0.05, 0) is 30.9 Å². The van der Waals surface area contributed by atoms with Gasteiger partial charge in [0.05, 0.1) is 18.1 Å². The van der Waals surface area contributed by atoms with Crippen LogP contribution >= 0.6 is 0 Å². The average molecular weight is 348 g/mol. The molecule has 1 amide bonds. The lowest BCUT2D eigenvalue weighted by Crippen LogP contribution is -2.51. The van der Waals surface area contributed by atoms with Gasteiger partial charge in [0.2, 0.25) is 15.9 Å². The highest BCUT2D eigenvalue weighted by atomic mass is 32.2. The monoisotopic (exact) mass is 348 g/mol. The molecule has 0 bridgehead atoms. The summed E-state index contributed by atoms with van der Waals surface area (Å²) >= 11 is 0. The number of primary amides is 1. The van der Waals surface area contributed by atoms with Gasteiger partial charge in [0, 0.05) is 6.54 Å². The van der Waals surface area contributed by atoms with Crippen molar-refractivity contribution in [2.75, 3.05) is 6.54 Å². The average Bonchev–Trinajstić information content (AvgIpc) is 3.06. The van der Waals surface area contributed by atoms with E-state index in [4.69, 9.17) is 5.73 Å². The third-order valence-electron chi connectivity index (χ3n) is 4.33. The van der Waals surface area contributed by atoms with Gasteiger partial charge in [-0.3, -0.25) is 4.79 Å². The van der Waals surface area contributed by atoms with E-state index >= 15 is 0 Å². The van der Waals surface area contributed by atoms with E-state index in [1.165, 1.54) is 21.4 Å². The Morgan fingerprint density at radius 3 is 2.67 bits per heavy atom. The molecule has 1 aromatic heterocycles. The molecule has 1 aromatic carbocycles. The number of sulfonamides is 1. The topological polar surface area (TPSA) is 98.3 Å². The number of aromatic nitrogens is 2. The van der Waals surface area contributed by atoms with Gasteiger partial charge in [0.15, 0.2) is 0 Å². The summed E-state index contributed by atoms with van der Waals surface area (Å²) in [5.41, 5.74) is 6.19. The second-order valence-corrected chi connectivity index (χ2v) is 8.01. The number of rotatable bonds is 4. The van der Waals surface area contributed by atoms with Crippen molar-refractivity contribution in [2.45, 2.75) is 30.7 Å². The summed E-state index contributed by atoms with van der Waals surface area (Å²) in [5, 5.41) is 4.13. The number of nitrogens with two attached hydrogens (primary N) is 1. The Labute approximate surface area is 141 Å². The molecule has 1 fully saturated rings. The molecule has 1 saturated heterocycles. The lowest BCUT2D eigenvalue weighted by molar-refractivity contribution is -0.123. The quantitative estimate of drug-likeness (QED) is 0.896. The summed E-state index contributed by atoms with van der Waals surface area (Å²) in [6.45, 7) is 2.28. The Bertz CT molecular complexity index is 832. The highest BCUT2D eigenvalue weighted by molar-refractivity contribution is 7.89. The number of hydrogen-bond donors (Lipinski definition) is 1. The highest BCUT2D eigenvalue weighted by Gasteiger charge is 2.39. The second-order valence-electron chi connectivity index (χ2n) is 6.12. The summed E-state index contributed by atoms with van der Waals surface area (Å²) in [7, 11) is -3.82. The maximum Gasteiger partial charge on any atom is 0.246 e. The number of benzene rings is 1. The van der Waals surface area contributed by atoms with Crippen LogP contribution in [0.4, 0.5) is 0 Å². The van der Waals surface area contributed by atoms with Gasteiger partial charge in [-0.15, -0.1) is 0 Å². The summed E-state index contributed by atoms with van der Waals surface area (Å²) in [4.78, 5) is 11.8. The molecular weight excluding hydrogens is 328 g/mol. The Balaban J connectivity index is 1.93. The lowest BCUT2D eigenvalue weighted by Gasteiger charge is -2.35. The van der Waals surface area contributed by atoms with E-state index in [1.54, 1.807) is 0 Å². The molecule has 0 saturated carbocycles. The summed E-state index contributed by atoms with van der Waals surface area (Å²) < 4.78 is 28.5. The summed E-state index contributed by atoms with van der Waals surface area (Å²) in [6, 6.07) is 8.42. The van der Waals surface area contributed by atoms with Crippen LogP contribution in [0.5, 0.6) is 0 Å². The van der Waals surface area contributed by atoms with Gasteiger partial charge in [0.25, 0.3) is 0 Å². The maximum absolute atomic E-state index is 12.9. The first-order valence-electron chi connectivity index (χ1n) is 7.81. The summed E-state index contributed by atoms with van der Waals surface area (Å²) in [6.07, 6.45) is 3.91. The first-order chi connectivity index (χ1) is 11.4. The molecule has 3 rings (SSSR count). The highest BCUT2D eigenvalue weighted by Crippen LogP contribution is 2.28. The van der Waals surface area contributed by atoms with Crippen molar-refractivity contribution < 1.29 is 13.2 Å². The number of nitrogens with zero attached hydrogens (tertiary/aromatic N) is 3. The van der Waals surface area contributed by atoms with E-state index in [2.05, 4.69) is 5.10 Å². The minimum atomic E-state index is -3.82. The molecule has 0 spiro atoms. The maximum atomic E-state index is 12.9.